The van der Waals surface area contributed by atoms with Crippen molar-refractivity contribution < 1.29 is 23.1 Å². The zero-order valence-corrected chi connectivity index (χ0v) is 12.5. The van der Waals surface area contributed by atoms with E-state index in [2.05, 4.69) is 5.32 Å². The Balaban J connectivity index is 2.78. The fourth-order valence-electron chi connectivity index (χ4n) is 2.05. The third kappa shape index (κ3) is 4.43. The Bertz CT molecular complexity index is 463. The summed E-state index contributed by atoms with van der Waals surface area (Å²) in [6, 6.07) is -0.756. The largest absolute Gasteiger partial charge is 0.481 e. The number of nitrogens with one attached hydrogen (secondary N) is 1. The number of carboxylic acid groups (broad SMARTS) is 1. The highest BCUT2D eigenvalue weighted by molar-refractivity contribution is 7.89. The lowest BCUT2D eigenvalue weighted by molar-refractivity contribution is -0.137. The van der Waals surface area contributed by atoms with E-state index in [4.69, 9.17) is 5.11 Å². The van der Waals surface area contributed by atoms with Crippen molar-refractivity contribution in [1.29, 1.82) is 0 Å². The summed E-state index contributed by atoms with van der Waals surface area (Å²) in [4.78, 5) is 23.8. The van der Waals surface area contributed by atoms with Crippen LogP contribution in [0.1, 0.15) is 12.8 Å². The van der Waals surface area contributed by atoms with Gasteiger partial charge in [-0.15, -0.1) is 0 Å². The minimum Gasteiger partial charge on any atom is -0.481 e. The normalized spacial score (nSPS) is 20.6. The first-order valence-electron chi connectivity index (χ1n) is 6.39. The van der Waals surface area contributed by atoms with Gasteiger partial charge < -0.3 is 15.3 Å². The standard InChI is InChI=1S/C11H21N3O5S/c1-13(2)11(17)9-8-12-5-6-14(9)20(18,19)7-3-4-10(15)16/h9,12H,3-8H2,1-2H3,(H,15,16). The van der Waals surface area contributed by atoms with Crippen molar-refractivity contribution in [2.45, 2.75) is 18.9 Å². The van der Waals surface area contributed by atoms with Crippen LogP contribution in [-0.2, 0) is 19.6 Å². The van der Waals surface area contributed by atoms with Gasteiger partial charge in [0, 0.05) is 40.2 Å². The molecule has 0 aromatic rings. The molecular formula is C11H21N3O5S. The number of aliphatic carboxylic acids is 1. The molecule has 1 amide bonds. The summed E-state index contributed by atoms with van der Waals surface area (Å²) in [5.41, 5.74) is 0. The van der Waals surface area contributed by atoms with E-state index < -0.39 is 22.0 Å². The van der Waals surface area contributed by atoms with Crippen LogP contribution in [0, 0.1) is 0 Å². The molecule has 9 heteroatoms. The second-order valence-corrected chi connectivity index (χ2v) is 6.92. The number of carbonyl (C=O) groups is 2. The fourth-order valence-corrected chi connectivity index (χ4v) is 3.72. The molecule has 0 spiro atoms. The Morgan fingerprint density at radius 3 is 2.60 bits per heavy atom. The van der Waals surface area contributed by atoms with E-state index in [1.165, 1.54) is 9.21 Å². The summed E-state index contributed by atoms with van der Waals surface area (Å²) in [6.07, 6.45) is -0.151. The fraction of sp³-hybridized carbons (Fsp3) is 0.818. The summed E-state index contributed by atoms with van der Waals surface area (Å²) in [7, 11) is -0.473. The van der Waals surface area contributed by atoms with E-state index in [0.29, 0.717) is 6.54 Å². The number of nitrogens with zero attached hydrogens (tertiary/aromatic N) is 2. The summed E-state index contributed by atoms with van der Waals surface area (Å²) in [6.45, 7) is 0.976. The van der Waals surface area contributed by atoms with Crippen molar-refractivity contribution in [1.82, 2.24) is 14.5 Å². The lowest BCUT2D eigenvalue weighted by atomic mass is 10.2. The first kappa shape index (κ1) is 16.9. The van der Waals surface area contributed by atoms with Crippen molar-refractivity contribution in [3.05, 3.63) is 0 Å². The lowest BCUT2D eigenvalue weighted by Crippen LogP contribution is -2.59. The predicted molar refractivity (Wildman–Crippen MR) is 72.7 cm³/mol. The second-order valence-electron chi connectivity index (χ2n) is 4.88. The minimum atomic E-state index is -3.62. The van der Waals surface area contributed by atoms with Gasteiger partial charge in [-0.1, -0.05) is 0 Å². The molecule has 2 N–H and O–H groups in total. The van der Waals surface area contributed by atoms with E-state index >= 15 is 0 Å². The van der Waals surface area contributed by atoms with Crippen LogP contribution in [0.2, 0.25) is 0 Å². The van der Waals surface area contributed by atoms with Gasteiger partial charge in [-0.05, 0) is 6.42 Å². The SMILES string of the molecule is CN(C)C(=O)C1CNCCN1S(=O)(=O)CCCC(=O)O. The first-order chi connectivity index (χ1) is 9.25. The molecule has 20 heavy (non-hydrogen) atoms. The zero-order valence-electron chi connectivity index (χ0n) is 11.7. The Morgan fingerprint density at radius 2 is 2.05 bits per heavy atom. The molecule has 0 aromatic carbocycles. The Labute approximate surface area is 118 Å². The van der Waals surface area contributed by atoms with Gasteiger partial charge in [0.15, 0.2) is 0 Å². The van der Waals surface area contributed by atoms with Crippen LogP contribution in [0.5, 0.6) is 0 Å². The zero-order chi connectivity index (χ0) is 15.3. The minimum absolute atomic E-state index is 0.0461. The number of rotatable bonds is 6. The Hall–Kier alpha value is -1.19. The van der Waals surface area contributed by atoms with E-state index in [-0.39, 0.29) is 37.6 Å². The maximum Gasteiger partial charge on any atom is 0.303 e. The third-order valence-electron chi connectivity index (χ3n) is 3.07. The summed E-state index contributed by atoms with van der Waals surface area (Å²) in [5.74, 6) is -1.56. The van der Waals surface area contributed by atoms with Gasteiger partial charge >= 0.3 is 5.97 Å². The van der Waals surface area contributed by atoms with Gasteiger partial charge in [-0.3, -0.25) is 9.59 Å². The maximum atomic E-state index is 12.2. The lowest BCUT2D eigenvalue weighted by Gasteiger charge is -2.35. The maximum absolute atomic E-state index is 12.2. The van der Waals surface area contributed by atoms with Gasteiger partial charge in [0.25, 0.3) is 0 Å². The highest BCUT2D eigenvalue weighted by Crippen LogP contribution is 2.14. The van der Waals surface area contributed by atoms with E-state index in [1.807, 2.05) is 0 Å². The molecule has 0 bridgehead atoms. The number of amides is 1. The predicted octanol–water partition coefficient (Wildman–Crippen LogP) is -1.46. The van der Waals surface area contributed by atoms with Crippen LogP contribution in [0.3, 0.4) is 0 Å². The first-order valence-corrected chi connectivity index (χ1v) is 8.00. The number of sulfonamides is 1. The Kier molecular flexibility index (Phi) is 5.90. The highest BCUT2D eigenvalue weighted by Gasteiger charge is 2.37. The van der Waals surface area contributed by atoms with Crippen LogP contribution in [0.4, 0.5) is 0 Å². The van der Waals surface area contributed by atoms with Gasteiger partial charge in [-0.25, -0.2) is 8.42 Å². The number of carboxylic acids is 1. The van der Waals surface area contributed by atoms with E-state index in [0.717, 1.165) is 0 Å². The number of hydrogen-bond donors (Lipinski definition) is 2. The van der Waals surface area contributed by atoms with Crippen molar-refractivity contribution >= 4 is 21.9 Å². The molecule has 1 saturated heterocycles. The summed E-state index contributed by atoms with van der Waals surface area (Å²) in [5, 5.41) is 11.6. The molecular weight excluding hydrogens is 286 g/mol. The molecule has 0 radical (unpaired) electrons. The second kappa shape index (κ2) is 7.00. The summed E-state index contributed by atoms with van der Waals surface area (Å²) < 4.78 is 25.7. The number of piperazine rings is 1. The highest BCUT2D eigenvalue weighted by atomic mass is 32.2. The van der Waals surface area contributed by atoms with Crippen LogP contribution < -0.4 is 5.32 Å². The topological polar surface area (TPSA) is 107 Å². The van der Waals surface area contributed by atoms with Crippen LogP contribution >= 0.6 is 0 Å². The average Bonchev–Trinajstić information content (AvgIpc) is 2.37. The number of hydrogen-bond acceptors (Lipinski definition) is 5. The molecule has 116 valence electrons. The van der Waals surface area contributed by atoms with Gasteiger partial charge in [0.2, 0.25) is 15.9 Å². The molecule has 0 aromatic heterocycles. The van der Waals surface area contributed by atoms with Crippen molar-refractivity contribution in [2.75, 3.05) is 39.5 Å². The third-order valence-corrected chi connectivity index (χ3v) is 5.03. The number of carbonyl (C=O) groups excluding carboxylic acids is 1. The van der Waals surface area contributed by atoms with E-state index in [9.17, 15) is 18.0 Å². The van der Waals surface area contributed by atoms with Gasteiger partial charge in [0.05, 0.1) is 5.75 Å². The van der Waals surface area contributed by atoms with Crippen LogP contribution in [0.15, 0.2) is 0 Å². The van der Waals surface area contributed by atoms with Crippen LogP contribution in [0.25, 0.3) is 0 Å². The Morgan fingerprint density at radius 1 is 1.40 bits per heavy atom. The molecule has 0 aliphatic carbocycles. The monoisotopic (exact) mass is 307 g/mol. The van der Waals surface area contributed by atoms with Crippen LogP contribution in [-0.4, -0.2) is 80.1 Å². The van der Waals surface area contributed by atoms with E-state index in [1.54, 1.807) is 14.1 Å². The number of likely N-dealkylation sites (N-methyl/N-ethyl adjacent to an activating group) is 1. The van der Waals surface area contributed by atoms with Crippen molar-refractivity contribution in [3.63, 3.8) is 0 Å². The quantitative estimate of drug-likeness (QED) is 0.621. The molecule has 1 heterocycles. The average molecular weight is 307 g/mol. The smallest absolute Gasteiger partial charge is 0.303 e. The molecule has 1 unspecified atom stereocenters. The summed E-state index contributed by atoms with van der Waals surface area (Å²) >= 11 is 0. The van der Waals surface area contributed by atoms with Crippen molar-refractivity contribution in [2.24, 2.45) is 0 Å². The van der Waals surface area contributed by atoms with Gasteiger partial charge in [-0.2, -0.15) is 4.31 Å². The molecule has 0 saturated carbocycles. The molecule has 1 atom stereocenters. The molecule has 1 aliphatic heterocycles. The molecule has 1 fully saturated rings. The molecule has 1 aliphatic rings. The molecule has 8 nitrogen and oxygen atoms in total. The van der Waals surface area contributed by atoms with Crippen molar-refractivity contribution in [3.8, 4) is 0 Å². The molecule has 1 rings (SSSR count). The van der Waals surface area contributed by atoms with Gasteiger partial charge in [0.1, 0.15) is 6.04 Å².